The van der Waals surface area contributed by atoms with E-state index in [0.29, 0.717) is 22.4 Å². The molecule has 0 aliphatic carbocycles. The summed E-state index contributed by atoms with van der Waals surface area (Å²) >= 11 is 0. The van der Waals surface area contributed by atoms with E-state index in [1.54, 1.807) is 24.3 Å². The monoisotopic (exact) mass is 338 g/mol. The highest BCUT2D eigenvalue weighted by molar-refractivity contribution is 6.05. The molecule has 6 heteroatoms. The second-order valence-corrected chi connectivity index (χ2v) is 5.70. The van der Waals surface area contributed by atoms with E-state index in [4.69, 9.17) is 9.15 Å². The molecule has 1 aromatic heterocycles. The number of anilines is 1. The van der Waals surface area contributed by atoms with Crippen molar-refractivity contribution in [1.29, 1.82) is 0 Å². The molecular weight excluding hydrogens is 320 g/mol. The van der Waals surface area contributed by atoms with E-state index in [1.165, 1.54) is 7.11 Å². The average Bonchev–Trinajstić information content (AvgIpc) is 2.63. The zero-order chi connectivity index (χ0) is 18.0. The van der Waals surface area contributed by atoms with Crippen LogP contribution in [0, 0.1) is 13.8 Å². The molecule has 0 atom stereocenters. The van der Waals surface area contributed by atoms with Crippen molar-refractivity contribution in [2.24, 2.45) is 5.16 Å². The van der Waals surface area contributed by atoms with E-state index in [0.717, 1.165) is 11.1 Å². The Morgan fingerprint density at radius 2 is 1.96 bits per heavy atom. The predicted octanol–water partition coefficient (Wildman–Crippen LogP) is 3.60. The largest absolute Gasteiger partial charge is 0.493 e. The van der Waals surface area contributed by atoms with Crippen LogP contribution in [-0.4, -0.2) is 18.2 Å². The molecule has 0 saturated carbocycles. The molecule has 0 aliphatic rings. The lowest BCUT2D eigenvalue weighted by Gasteiger charge is -2.09. The molecule has 6 nitrogen and oxygen atoms in total. The summed E-state index contributed by atoms with van der Waals surface area (Å²) in [7, 11) is 1.51. The maximum atomic E-state index is 12.6. The standard InChI is InChI=1S/C19H18N2O4/c1-11-7-8-14(9-12(11)2)20-18(22)15-10-13-5-4-6-16(24-3)17(13)25-19(15)21-23/h4-10,23H,1-3H3,(H,20,22)/b21-19-. The van der Waals surface area contributed by atoms with Crippen molar-refractivity contribution in [1.82, 2.24) is 0 Å². The van der Waals surface area contributed by atoms with Gasteiger partial charge in [0.25, 0.3) is 11.5 Å². The first kappa shape index (κ1) is 16.6. The second kappa shape index (κ2) is 6.68. The number of methoxy groups -OCH3 is 1. The van der Waals surface area contributed by atoms with Crippen LogP contribution < -0.4 is 15.6 Å². The van der Waals surface area contributed by atoms with Gasteiger partial charge in [-0.3, -0.25) is 4.79 Å². The lowest BCUT2D eigenvalue weighted by Crippen LogP contribution is -2.21. The number of nitrogens with one attached hydrogen (secondary N) is 1. The van der Waals surface area contributed by atoms with Crippen LogP contribution in [0.15, 0.2) is 52.0 Å². The third-order valence-corrected chi connectivity index (χ3v) is 4.06. The molecule has 0 bridgehead atoms. The Hall–Kier alpha value is -3.28. The second-order valence-electron chi connectivity index (χ2n) is 5.70. The van der Waals surface area contributed by atoms with Crippen molar-refractivity contribution in [2.75, 3.05) is 12.4 Å². The van der Waals surface area contributed by atoms with Gasteiger partial charge in [-0.15, -0.1) is 0 Å². The Labute approximate surface area is 144 Å². The van der Waals surface area contributed by atoms with Crippen molar-refractivity contribution in [3.8, 4) is 5.75 Å². The van der Waals surface area contributed by atoms with Gasteiger partial charge in [0.1, 0.15) is 5.56 Å². The van der Waals surface area contributed by atoms with Gasteiger partial charge >= 0.3 is 0 Å². The van der Waals surface area contributed by atoms with Crippen LogP contribution in [0.4, 0.5) is 5.69 Å². The van der Waals surface area contributed by atoms with E-state index >= 15 is 0 Å². The summed E-state index contributed by atoms with van der Waals surface area (Å²) in [6.07, 6.45) is 0. The van der Waals surface area contributed by atoms with Crippen LogP contribution in [0.25, 0.3) is 11.0 Å². The fourth-order valence-corrected chi connectivity index (χ4v) is 2.54. The number of hydrogen-bond donors (Lipinski definition) is 2. The van der Waals surface area contributed by atoms with Crippen LogP contribution in [-0.2, 0) is 0 Å². The fraction of sp³-hybridized carbons (Fsp3) is 0.158. The number of aryl methyl sites for hydroxylation is 2. The fourth-order valence-electron chi connectivity index (χ4n) is 2.54. The molecule has 0 unspecified atom stereocenters. The minimum absolute atomic E-state index is 0.126. The van der Waals surface area contributed by atoms with E-state index in [1.807, 2.05) is 32.0 Å². The lowest BCUT2D eigenvalue weighted by molar-refractivity contribution is 0.102. The van der Waals surface area contributed by atoms with Crippen LogP contribution >= 0.6 is 0 Å². The summed E-state index contributed by atoms with van der Waals surface area (Å²) in [5, 5.41) is 15.8. The third-order valence-electron chi connectivity index (χ3n) is 4.06. The molecular formula is C19H18N2O4. The van der Waals surface area contributed by atoms with E-state index in [2.05, 4.69) is 10.5 Å². The predicted molar refractivity (Wildman–Crippen MR) is 94.0 cm³/mol. The van der Waals surface area contributed by atoms with Crippen molar-refractivity contribution >= 4 is 22.6 Å². The summed E-state index contributed by atoms with van der Waals surface area (Å²) in [6, 6.07) is 12.5. The first-order valence-corrected chi connectivity index (χ1v) is 7.71. The van der Waals surface area contributed by atoms with Crippen LogP contribution in [0.3, 0.4) is 0 Å². The van der Waals surface area contributed by atoms with Gasteiger partial charge in [-0.1, -0.05) is 18.2 Å². The molecule has 1 heterocycles. The number of fused-ring (bicyclic) bond motifs is 1. The molecule has 3 rings (SSSR count). The van der Waals surface area contributed by atoms with Gasteiger partial charge in [0.2, 0.25) is 0 Å². The molecule has 0 saturated heterocycles. The Bertz CT molecular complexity index is 1020. The van der Waals surface area contributed by atoms with Gasteiger partial charge in [-0.2, -0.15) is 0 Å². The van der Waals surface area contributed by atoms with E-state index in [-0.39, 0.29) is 11.1 Å². The van der Waals surface area contributed by atoms with Gasteiger partial charge in [0.15, 0.2) is 11.3 Å². The van der Waals surface area contributed by atoms with Crippen LogP contribution in [0.5, 0.6) is 5.75 Å². The van der Waals surface area contributed by atoms with Gasteiger partial charge in [-0.25, -0.2) is 0 Å². The van der Waals surface area contributed by atoms with Gasteiger partial charge in [0, 0.05) is 11.1 Å². The number of nitrogens with zero attached hydrogens (tertiary/aromatic N) is 1. The van der Waals surface area contributed by atoms with Crippen molar-refractivity contribution < 1.29 is 19.2 Å². The maximum absolute atomic E-state index is 12.6. The Balaban J connectivity index is 2.05. The smallest absolute Gasteiger partial charge is 0.268 e. The summed E-state index contributed by atoms with van der Waals surface area (Å²) in [6.45, 7) is 3.97. The maximum Gasteiger partial charge on any atom is 0.268 e. The molecule has 0 fully saturated rings. The zero-order valence-corrected chi connectivity index (χ0v) is 14.2. The molecule has 3 aromatic rings. The average molecular weight is 338 g/mol. The highest BCUT2D eigenvalue weighted by Crippen LogP contribution is 2.24. The number of amides is 1. The number of benzene rings is 2. The van der Waals surface area contributed by atoms with E-state index < -0.39 is 5.91 Å². The summed E-state index contributed by atoms with van der Waals surface area (Å²) in [5.41, 5.74) is 3.21. The van der Waals surface area contributed by atoms with Crippen LogP contribution in [0.1, 0.15) is 21.5 Å². The summed E-state index contributed by atoms with van der Waals surface area (Å²) in [5.74, 6) is 0.0630. The Morgan fingerprint density at radius 3 is 2.64 bits per heavy atom. The highest BCUT2D eigenvalue weighted by Gasteiger charge is 2.15. The number of hydrogen-bond acceptors (Lipinski definition) is 5. The van der Waals surface area contributed by atoms with Crippen molar-refractivity contribution in [3.63, 3.8) is 0 Å². The lowest BCUT2D eigenvalue weighted by atomic mass is 10.1. The molecule has 0 aliphatic heterocycles. The minimum Gasteiger partial charge on any atom is -0.493 e. The summed E-state index contributed by atoms with van der Waals surface area (Å²) in [4.78, 5) is 12.6. The highest BCUT2D eigenvalue weighted by atomic mass is 16.5. The first-order valence-electron chi connectivity index (χ1n) is 7.71. The van der Waals surface area contributed by atoms with Crippen molar-refractivity contribution in [2.45, 2.75) is 13.8 Å². The zero-order valence-electron chi connectivity index (χ0n) is 14.2. The number of carbonyl (C=O) groups is 1. The number of ether oxygens (including phenoxy) is 1. The molecule has 25 heavy (non-hydrogen) atoms. The molecule has 1 amide bonds. The topological polar surface area (TPSA) is 84.1 Å². The molecule has 0 radical (unpaired) electrons. The third kappa shape index (κ3) is 3.19. The molecule has 2 aromatic carbocycles. The minimum atomic E-state index is -0.426. The Kier molecular flexibility index (Phi) is 4.43. The Morgan fingerprint density at radius 1 is 1.16 bits per heavy atom. The number of rotatable bonds is 3. The normalized spacial score (nSPS) is 11.6. The summed E-state index contributed by atoms with van der Waals surface area (Å²) < 4.78 is 10.8. The quantitative estimate of drug-likeness (QED) is 0.564. The molecule has 0 spiro atoms. The number of carbonyl (C=O) groups excluding carboxylic acids is 1. The number of para-hydroxylation sites is 1. The van der Waals surface area contributed by atoms with Gasteiger partial charge in [0.05, 0.1) is 7.11 Å². The molecule has 128 valence electrons. The molecule has 2 N–H and O–H groups in total. The van der Waals surface area contributed by atoms with Crippen LogP contribution in [0.2, 0.25) is 0 Å². The van der Waals surface area contributed by atoms with Crippen molar-refractivity contribution in [3.05, 3.63) is 64.7 Å². The SMILES string of the molecule is COc1cccc2cc(C(=O)Nc3ccc(C)c(C)c3)/c(=N/O)oc12. The van der Waals surface area contributed by atoms with Gasteiger partial charge in [-0.05, 0) is 54.4 Å². The van der Waals surface area contributed by atoms with E-state index in [9.17, 15) is 10.0 Å². The first-order chi connectivity index (χ1) is 12.0. The van der Waals surface area contributed by atoms with Gasteiger partial charge < -0.3 is 19.7 Å².